The average molecular weight is 573 g/mol. The van der Waals surface area contributed by atoms with Crippen LogP contribution in [0.5, 0.6) is 0 Å². The lowest BCUT2D eigenvalue weighted by Gasteiger charge is -2.46. The summed E-state index contributed by atoms with van der Waals surface area (Å²) < 4.78 is 12.8. The van der Waals surface area contributed by atoms with Crippen LogP contribution in [0.2, 0.25) is 0 Å². The topological polar surface area (TPSA) is 114 Å². The van der Waals surface area contributed by atoms with Gasteiger partial charge in [-0.25, -0.2) is 14.6 Å². The van der Waals surface area contributed by atoms with Crippen molar-refractivity contribution in [1.29, 1.82) is 0 Å². The predicted molar refractivity (Wildman–Crippen MR) is 148 cm³/mol. The molecule has 5 heterocycles. The van der Waals surface area contributed by atoms with Crippen LogP contribution in [0, 0.1) is 11.8 Å². The first kappa shape index (κ1) is 27.5. The molecule has 2 aromatic rings. The van der Waals surface area contributed by atoms with Crippen LogP contribution in [0.3, 0.4) is 0 Å². The van der Waals surface area contributed by atoms with Crippen molar-refractivity contribution >= 4 is 45.9 Å². The lowest BCUT2D eigenvalue weighted by atomic mass is 9.79. The number of fused-ring (bicyclic) bond motifs is 2. The first-order chi connectivity index (χ1) is 18.8. The minimum atomic E-state index is -0.826. The Hall–Kier alpha value is -3.09. The van der Waals surface area contributed by atoms with Crippen molar-refractivity contribution in [2.75, 3.05) is 19.8 Å². The van der Waals surface area contributed by atoms with Gasteiger partial charge in [0.25, 0.3) is 0 Å². The number of aromatic nitrogens is 2. The largest absolute Gasteiger partial charge is 0.457 e. The second-order valence-electron chi connectivity index (χ2n) is 10.0. The number of nitrogens with zero attached hydrogens (tertiary/aromatic N) is 4. The molecule has 3 aliphatic heterocycles. The van der Waals surface area contributed by atoms with Crippen molar-refractivity contribution in [2.45, 2.75) is 50.1 Å². The Morgan fingerprint density at radius 3 is 2.77 bits per heavy atom. The van der Waals surface area contributed by atoms with E-state index in [1.165, 1.54) is 28.8 Å². The fraction of sp³-hybridized carbons (Fsp3) is 0.481. The summed E-state index contributed by atoms with van der Waals surface area (Å²) in [5, 5.41) is 12.3. The van der Waals surface area contributed by atoms with Crippen LogP contribution >= 0.6 is 23.1 Å². The summed E-state index contributed by atoms with van der Waals surface area (Å²) in [4.78, 5) is 48.3. The lowest BCUT2D eigenvalue weighted by Crippen LogP contribution is -2.63. The first-order valence-electron chi connectivity index (χ1n) is 12.9. The molecule has 0 unspecified atom stereocenters. The molecule has 2 saturated heterocycles. The van der Waals surface area contributed by atoms with Crippen LogP contribution in [-0.4, -0.2) is 85.5 Å². The van der Waals surface area contributed by atoms with Crippen LogP contribution < -0.4 is 0 Å². The van der Waals surface area contributed by atoms with E-state index in [9.17, 15) is 19.5 Å². The van der Waals surface area contributed by atoms with Gasteiger partial charge in [0.15, 0.2) is 0 Å². The summed E-state index contributed by atoms with van der Waals surface area (Å²) in [6, 6.07) is -0.435. The van der Waals surface area contributed by atoms with Crippen molar-refractivity contribution in [1.82, 2.24) is 19.2 Å². The Balaban J connectivity index is 1.41. The van der Waals surface area contributed by atoms with Crippen molar-refractivity contribution in [3.8, 4) is 0 Å². The number of amides is 2. The third-order valence-electron chi connectivity index (χ3n) is 7.54. The average Bonchev–Trinajstić information content (AvgIpc) is 3.66. The van der Waals surface area contributed by atoms with Crippen molar-refractivity contribution in [3.05, 3.63) is 59.5 Å². The molecule has 2 fully saturated rings. The highest BCUT2D eigenvalue weighted by Gasteiger charge is 2.60. The molecule has 3 aliphatic rings. The van der Waals surface area contributed by atoms with Gasteiger partial charge in [-0.15, -0.1) is 23.1 Å². The normalized spacial score (nSPS) is 26.9. The molecule has 0 spiro atoms. The molecule has 208 valence electrons. The number of esters is 1. The molecule has 0 saturated carbocycles. The molecule has 6 atom stereocenters. The molecule has 0 aromatic carbocycles. The Morgan fingerprint density at radius 2 is 2.05 bits per heavy atom. The van der Waals surface area contributed by atoms with Gasteiger partial charge in [-0.1, -0.05) is 32.2 Å². The smallest absolute Gasteiger partial charge is 0.410 e. The molecule has 5 rings (SSSR count). The zero-order chi connectivity index (χ0) is 27.8. The van der Waals surface area contributed by atoms with E-state index in [-0.39, 0.29) is 48.1 Å². The van der Waals surface area contributed by atoms with E-state index in [4.69, 9.17) is 9.47 Å². The number of rotatable bonds is 10. The third-order valence-corrected chi connectivity index (χ3v) is 9.96. The number of thioether (sulfide) groups is 1. The molecule has 12 heteroatoms. The van der Waals surface area contributed by atoms with Gasteiger partial charge >= 0.3 is 12.1 Å². The Labute approximate surface area is 235 Å². The monoisotopic (exact) mass is 572 g/mol. The Morgan fingerprint density at radius 1 is 1.31 bits per heavy atom. The molecule has 10 nitrogen and oxygen atoms in total. The zero-order valence-electron chi connectivity index (χ0n) is 21.9. The number of ether oxygens (including phenoxy) is 2. The molecule has 1 N–H and O–H groups in total. The number of imidazole rings is 1. The minimum absolute atomic E-state index is 0.0268. The van der Waals surface area contributed by atoms with E-state index >= 15 is 0 Å². The van der Waals surface area contributed by atoms with Crippen LogP contribution in [0.15, 0.2) is 53.8 Å². The van der Waals surface area contributed by atoms with Gasteiger partial charge in [-0.3, -0.25) is 9.20 Å². The molecule has 0 bridgehead atoms. The van der Waals surface area contributed by atoms with Gasteiger partial charge < -0.3 is 24.4 Å². The highest BCUT2D eigenvalue weighted by molar-refractivity contribution is 8.03. The van der Waals surface area contributed by atoms with Gasteiger partial charge in [0, 0.05) is 46.2 Å². The lowest BCUT2D eigenvalue weighted by molar-refractivity contribution is -0.164. The molecular formula is C27H32N4O6S2. The number of β-lactam (4-membered cyclic amide) rings is 1. The number of hydrogen-bond acceptors (Lipinski definition) is 9. The van der Waals surface area contributed by atoms with E-state index in [1.54, 1.807) is 29.5 Å². The number of thiazole rings is 1. The highest BCUT2D eigenvalue weighted by Crippen LogP contribution is 2.52. The fourth-order valence-electron chi connectivity index (χ4n) is 5.80. The van der Waals surface area contributed by atoms with Gasteiger partial charge in [0.05, 0.1) is 24.3 Å². The quantitative estimate of drug-likeness (QED) is 0.262. The number of aliphatic hydroxyl groups is 1. The molecule has 2 amide bonds. The number of hydrogen-bond donors (Lipinski definition) is 1. The number of carbonyl (C=O) groups is 3. The third kappa shape index (κ3) is 4.89. The van der Waals surface area contributed by atoms with Crippen molar-refractivity contribution in [2.24, 2.45) is 11.8 Å². The standard InChI is InChI=1S/C27H32N4O6S2/c1-5-7-36-26(34)23-24(15(3)22-21(16(4)32)25(33)31(22)23)39-19-10-17(29(12-19)27(35)37-8-6-2)9-18-13-38-20-11-28-14-30(18)20/h5-6,11,13-17,19,21-22,32H,1-2,7-10,12H2,3-4H3/t15-,16-,17-,19+,21-,22-/m1/s1. The summed E-state index contributed by atoms with van der Waals surface area (Å²) in [7, 11) is 0. The Kier molecular flexibility index (Phi) is 7.88. The molecule has 39 heavy (non-hydrogen) atoms. The van der Waals surface area contributed by atoms with E-state index < -0.39 is 24.1 Å². The summed E-state index contributed by atoms with van der Waals surface area (Å²) in [5.74, 6) is -1.59. The van der Waals surface area contributed by atoms with Crippen LogP contribution in [0.1, 0.15) is 26.0 Å². The SMILES string of the molecule is C=CCOC(=O)C1=C(S[C@H]2C[C@@H](Cc3csc4cncn34)N(C(=O)OCC=C)C2)[C@H](C)[C@@H]2[C@@H]([C@@H](C)O)C(=O)N12. The maximum Gasteiger partial charge on any atom is 0.410 e. The summed E-state index contributed by atoms with van der Waals surface area (Å²) in [6.45, 7) is 11.4. The second-order valence-corrected chi connectivity index (χ2v) is 12.3. The highest BCUT2D eigenvalue weighted by atomic mass is 32.2. The second kappa shape index (κ2) is 11.2. The van der Waals surface area contributed by atoms with E-state index in [2.05, 4.69) is 23.5 Å². The number of carbonyl (C=O) groups excluding carboxylic acids is 3. The number of likely N-dealkylation sites (tertiary alicyclic amines) is 1. The maximum atomic E-state index is 13.1. The van der Waals surface area contributed by atoms with Crippen molar-refractivity contribution in [3.63, 3.8) is 0 Å². The summed E-state index contributed by atoms with van der Waals surface area (Å²) in [5.41, 5.74) is 1.30. The van der Waals surface area contributed by atoms with E-state index in [1.807, 2.05) is 17.5 Å². The first-order valence-corrected chi connectivity index (χ1v) is 14.6. The molecule has 0 radical (unpaired) electrons. The van der Waals surface area contributed by atoms with Gasteiger partial charge in [0.1, 0.15) is 30.1 Å². The summed E-state index contributed by atoms with van der Waals surface area (Å²) in [6.07, 6.45) is 6.65. The zero-order valence-corrected chi connectivity index (χ0v) is 23.5. The molecular weight excluding hydrogens is 540 g/mol. The fourth-order valence-corrected chi connectivity index (χ4v) is 8.23. The van der Waals surface area contributed by atoms with Gasteiger partial charge in [0.2, 0.25) is 5.91 Å². The van der Waals surface area contributed by atoms with Crippen LogP contribution in [0.4, 0.5) is 4.79 Å². The van der Waals surface area contributed by atoms with E-state index in [0.717, 1.165) is 15.4 Å². The van der Waals surface area contributed by atoms with Crippen LogP contribution in [0.25, 0.3) is 4.83 Å². The van der Waals surface area contributed by atoms with Crippen molar-refractivity contribution < 1.29 is 29.0 Å². The maximum absolute atomic E-state index is 13.1. The van der Waals surface area contributed by atoms with Crippen LogP contribution in [-0.2, 0) is 25.5 Å². The molecule has 0 aliphatic carbocycles. The van der Waals surface area contributed by atoms with Gasteiger partial charge in [-0.2, -0.15) is 0 Å². The summed E-state index contributed by atoms with van der Waals surface area (Å²) >= 11 is 3.11. The van der Waals surface area contributed by atoms with E-state index in [0.29, 0.717) is 19.4 Å². The number of aliphatic hydroxyl groups excluding tert-OH is 1. The predicted octanol–water partition coefficient (Wildman–Crippen LogP) is 3.24. The van der Waals surface area contributed by atoms with Gasteiger partial charge in [-0.05, 0) is 13.3 Å². The molecule has 2 aromatic heterocycles. The minimum Gasteiger partial charge on any atom is -0.457 e. The Bertz CT molecular complexity index is 1330.